The third-order valence-electron chi connectivity index (χ3n) is 4.27. The number of hydrogen-bond acceptors (Lipinski definition) is 4. The number of imide groups is 1. The number of amides is 3. The van der Waals surface area contributed by atoms with E-state index in [0.717, 1.165) is 21.6 Å². The van der Waals surface area contributed by atoms with E-state index in [0.29, 0.717) is 0 Å². The number of hydrogen-bond donors (Lipinski definition) is 2. The first-order valence-electron chi connectivity index (χ1n) is 8.54. The van der Waals surface area contributed by atoms with Crippen LogP contribution in [0.4, 0.5) is 4.79 Å². The topological polar surface area (TPSA) is 78.9 Å². The van der Waals surface area contributed by atoms with Crippen LogP contribution in [0.5, 0.6) is 0 Å². The SMILES string of the molecule is Cc1ccc([C@H](OC[C@@H](O)CN2C(=O)CNC2=O)c2ccccc2)cc1. The third-order valence-corrected chi connectivity index (χ3v) is 4.27. The maximum atomic E-state index is 11.6. The number of carbonyl (C=O) groups is 2. The number of urea groups is 1. The molecule has 0 aliphatic carbocycles. The van der Waals surface area contributed by atoms with Crippen LogP contribution in [-0.2, 0) is 9.53 Å². The molecule has 1 heterocycles. The zero-order valence-electron chi connectivity index (χ0n) is 14.6. The van der Waals surface area contributed by atoms with E-state index in [4.69, 9.17) is 4.74 Å². The van der Waals surface area contributed by atoms with Crippen LogP contribution in [0.3, 0.4) is 0 Å². The molecule has 0 unspecified atom stereocenters. The molecular weight excluding hydrogens is 332 g/mol. The second kappa shape index (κ2) is 8.12. The van der Waals surface area contributed by atoms with Crippen LogP contribution >= 0.6 is 0 Å². The summed E-state index contributed by atoms with van der Waals surface area (Å²) in [6.45, 7) is 1.91. The highest BCUT2D eigenvalue weighted by Gasteiger charge is 2.30. The Bertz CT molecular complexity index is 745. The van der Waals surface area contributed by atoms with Crippen LogP contribution in [0.15, 0.2) is 54.6 Å². The molecule has 1 aliphatic rings. The van der Waals surface area contributed by atoms with Crippen molar-refractivity contribution >= 4 is 11.9 Å². The number of aryl methyl sites for hydroxylation is 1. The van der Waals surface area contributed by atoms with Gasteiger partial charge in [-0.15, -0.1) is 0 Å². The van der Waals surface area contributed by atoms with Crippen LogP contribution in [0, 0.1) is 6.92 Å². The minimum Gasteiger partial charge on any atom is -0.389 e. The maximum Gasteiger partial charge on any atom is 0.324 e. The van der Waals surface area contributed by atoms with E-state index in [2.05, 4.69) is 5.32 Å². The molecule has 1 aliphatic heterocycles. The van der Waals surface area contributed by atoms with Gasteiger partial charge >= 0.3 is 6.03 Å². The zero-order valence-corrected chi connectivity index (χ0v) is 14.6. The largest absolute Gasteiger partial charge is 0.389 e. The van der Waals surface area contributed by atoms with Crippen LogP contribution in [0.2, 0.25) is 0 Å². The summed E-state index contributed by atoms with van der Waals surface area (Å²) in [7, 11) is 0. The lowest BCUT2D eigenvalue weighted by Gasteiger charge is -2.23. The summed E-state index contributed by atoms with van der Waals surface area (Å²) in [5.41, 5.74) is 3.10. The van der Waals surface area contributed by atoms with Gasteiger partial charge in [0.05, 0.1) is 25.8 Å². The minimum atomic E-state index is -0.959. The summed E-state index contributed by atoms with van der Waals surface area (Å²) < 4.78 is 5.98. The fourth-order valence-corrected chi connectivity index (χ4v) is 2.86. The van der Waals surface area contributed by atoms with Gasteiger partial charge in [-0.1, -0.05) is 60.2 Å². The summed E-state index contributed by atoms with van der Waals surface area (Å²) in [5, 5.41) is 12.7. The second-order valence-corrected chi connectivity index (χ2v) is 6.35. The van der Waals surface area contributed by atoms with Crippen LogP contribution in [0.1, 0.15) is 22.8 Å². The van der Waals surface area contributed by atoms with Crippen molar-refractivity contribution in [2.45, 2.75) is 19.1 Å². The van der Waals surface area contributed by atoms with Crippen molar-refractivity contribution in [2.75, 3.05) is 19.7 Å². The molecule has 0 saturated carbocycles. The molecule has 2 atom stereocenters. The van der Waals surface area contributed by atoms with E-state index in [1.165, 1.54) is 0 Å². The Morgan fingerprint density at radius 2 is 1.73 bits per heavy atom. The highest BCUT2D eigenvalue weighted by atomic mass is 16.5. The summed E-state index contributed by atoms with van der Waals surface area (Å²) in [5.74, 6) is -0.341. The number of benzene rings is 2. The molecule has 26 heavy (non-hydrogen) atoms. The van der Waals surface area contributed by atoms with Gasteiger partial charge in [-0.3, -0.25) is 9.69 Å². The normalized spacial score (nSPS) is 16.5. The Labute approximate surface area is 152 Å². The Balaban J connectivity index is 1.69. The molecule has 3 amide bonds. The lowest BCUT2D eigenvalue weighted by Crippen LogP contribution is -2.39. The molecule has 2 aromatic carbocycles. The minimum absolute atomic E-state index is 0.00446. The Kier molecular flexibility index (Phi) is 5.65. The Hall–Kier alpha value is -2.70. The lowest BCUT2D eigenvalue weighted by atomic mass is 10.0. The first kappa shape index (κ1) is 18.1. The van der Waals surface area contributed by atoms with Gasteiger partial charge in [-0.05, 0) is 18.1 Å². The number of β-amino-alcohol motifs (C(OH)–C–C–N with tert-alkyl or cyclic N) is 1. The summed E-state index contributed by atoms with van der Waals surface area (Å²) >= 11 is 0. The molecule has 0 spiro atoms. The van der Waals surface area contributed by atoms with Gasteiger partial charge in [0.1, 0.15) is 6.10 Å². The fourth-order valence-electron chi connectivity index (χ4n) is 2.86. The van der Waals surface area contributed by atoms with Gasteiger partial charge in [0.25, 0.3) is 0 Å². The summed E-state index contributed by atoms with van der Waals surface area (Å²) in [6, 6.07) is 17.3. The van der Waals surface area contributed by atoms with Gasteiger partial charge < -0.3 is 15.2 Å². The molecular formula is C20H22N2O4. The quantitative estimate of drug-likeness (QED) is 0.746. The van der Waals surface area contributed by atoms with Gasteiger partial charge in [-0.2, -0.15) is 0 Å². The standard InChI is InChI=1S/C20H22N2O4/c1-14-7-9-16(10-8-14)19(15-5-3-2-4-6-15)26-13-17(23)12-22-18(24)11-21-20(22)25/h2-10,17,19,23H,11-13H2,1H3,(H,21,25)/t17-,19+/m0/s1. The van der Waals surface area contributed by atoms with Crippen molar-refractivity contribution in [3.8, 4) is 0 Å². The van der Waals surface area contributed by atoms with Crippen molar-refractivity contribution in [1.29, 1.82) is 0 Å². The van der Waals surface area contributed by atoms with Crippen molar-refractivity contribution < 1.29 is 19.4 Å². The smallest absolute Gasteiger partial charge is 0.324 e. The van der Waals surface area contributed by atoms with Crippen molar-refractivity contribution in [2.24, 2.45) is 0 Å². The van der Waals surface area contributed by atoms with Gasteiger partial charge in [0, 0.05) is 0 Å². The molecule has 2 N–H and O–H groups in total. The molecule has 6 heteroatoms. The van der Waals surface area contributed by atoms with Crippen LogP contribution in [-0.4, -0.2) is 47.7 Å². The summed E-state index contributed by atoms with van der Waals surface area (Å²) in [6.07, 6.45) is -1.30. The van der Waals surface area contributed by atoms with Gasteiger partial charge in [0.2, 0.25) is 5.91 Å². The van der Waals surface area contributed by atoms with E-state index < -0.39 is 12.1 Å². The first-order valence-corrected chi connectivity index (χ1v) is 8.54. The first-order chi connectivity index (χ1) is 12.5. The van der Waals surface area contributed by atoms with Gasteiger partial charge in [0.15, 0.2) is 0 Å². The Morgan fingerprint density at radius 3 is 2.35 bits per heavy atom. The molecule has 1 fully saturated rings. The molecule has 2 aromatic rings. The molecule has 6 nitrogen and oxygen atoms in total. The molecule has 0 bridgehead atoms. The van der Waals surface area contributed by atoms with E-state index in [-0.39, 0.29) is 31.7 Å². The highest BCUT2D eigenvalue weighted by molar-refractivity contribution is 6.01. The maximum absolute atomic E-state index is 11.6. The average Bonchev–Trinajstić information content (AvgIpc) is 2.96. The van der Waals surface area contributed by atoms with Gasteiger partial charge in [-0.25, -0.2) is 4.79 Å². The highest BCUT2D eigenvalue weighted by Crippen LogP contribution is 2.26. The number of rotatable bonds is 7. The zero-order chi connectivity index (χ0) is 18.5. The molecule has 0 aromatic heterocycles. The molecule has 136 valence electrons. The number of aliphatic hydroxyl groups excluding tert-OH is 1. The monoisotopic (exact) mass is 354 g/mol. The molecule has 1 saturated heterocycles. The number of ether oxygens (including phenoxy) is 1. The number of carbonyl (C=O) groups excluding carboxylic acids is 2. The van der Waals surface area contributed by atoms with Crippen molar-refractivity contribution in [1.82, 2.24) is 10.2 Å². The Morgan fingerprint density at radius 1 is 1.08 bits per heavy atom. The fraction of sp³-hybridized carbons (Fsp3) is 0.300. The molecule has 0 radical (unpaired) electrons. The summed E-state index contributed by atoms with van der Waals surface area (Å²) in [4.78, 5) is 24.2. The van der Waals surface area contributed by atoms with Crippen molar-refractivity contribution in [3.05, 3.63) is 71.3 Å². The van der Waals surface area contributed by atoms with E-state index in [1.54, 1.807) is 0 Å². The number of nitrogens with zero attached hydrogens (tertiary/aromatic N) is 1. The number of aliphatic hydroxyl groups is 1. The van der Waals surface area contributed by atoms with E-state index in [1.807, 2.05) is 61.5 Å². The molecule has 3 rings (SSSR count). The third kappa shape index (κ3) is 4.28. The van der Waals surface area contributed by atoms with Crippen LogP contribution < -0.4 is 5.32 Å². The predicted octanol–water partition coefficient (Wildman–Crippen LogP) is 2.01. The van der Waals surface area contributed by atoms with Crippen molar-refractivity contribution in [3.63, 3.8) is 0 Å². The van der Waals surface area contributed by atoms with E-state index >= 15 is 0 Å². The predicted molar refractivity (Wildman–Crippen MR) is 96.5 cm³/mol. The second-order valence-electron chi connectivity index (χ2n) is 6.35. The van der Waals surface area contributed by atoms with Crippen LogP contribution in [0.25, 0.3) is 0 Å². The number of nitrogens with one attached hydrogen (secondary N) is 1. The average molecular weight is 354 g/mol. The van der Waals surface area contributed by atoms with E-state index in [9.17, 15) is 14.7 Å². The lowest BCUT2D eigenvalue weighted by molar-refractivity contribution is -0.126.